The maximum absolute atomic E-state index is 13.0. The van der Waals surface area contributed by atoms with Crippen LogP contribution in [-0.2, 0) is 16.0 Å². The molecule has 4 amide bonds. The molecular weight excluding hydrogens is 517 g/mol. The fourth-order valence-electron chi connectivity index (χ4n) is 3.59. The lowest BCUT2D eigenvalue weighted by Crippen LogP contribution is -2.45. The van der Waals surface area contributed by atoms with Crippen LogP contribution in [0.25, 0.3) is 0 Å². The number of carbonyl (C=O) groups excluding carboxylic acids is 3. The van der Waals surface area contributed by atoms with E-state index in [0.717, 1.165) is 62.7 Å². The number of alkyl halides is 2. The molecule has 1 rings (SSSR count). The number of rotatable bonds is 19. The number of imide groups is 1. The zero-order valence-electron chi connectivity index (χ0n) is 21.8. The Morgan fingerprint density at radius 3 is 2.28 bits per heavy atom. The van der Waals surface area contributed by atoms with Gasteiger partial charge in [-0.15, -0.1) is 23.2 Å². The monoisotopic (exact) mass is 559 g/mol. The van der Waals surface area contributed by atoms with Crippen LogP contribution in [0.4, 0.5) is 10.5 Å². The molecule has 0 spiro atoms. The lowest BCUT2D eigenvalue weighted by molar-refractivity contribution is -0.127. The minimum Gasteiger partial charge on any atom is -0.338 e. The van der Waals surface area contributed by atoms with Gasteiger partial charge >= 0.3 is 6.03 Å². The molecule has 1 aromatic carbocycles. The molecule has 0 aliphatic rings. The van der Waals surface area contributed by atoms with Crippen LogP contribution in [0.15, 0.2) is 24.3 Å². The Bertz CT molecular complexity index is 765. The van der Waals surface area contributed by atoms with Gasteiger partial charge in [0.05, 0.1) is 11.8 Å². The van der Waals surface area contributed by atoms with Crippen LogP contribution in [0, 0.1) is 0 Å². The third kappa shape index (κ3) is 15.0. The van der Waals surface area contributed by atoms with Crippen molar-refractivity contribution in [1.29, 1.82) is 0 Å². The minimum absolute atomic E-state index is 0.132. The number of unbranched alkanes of at least 4 members (excludes halogenated alkanes) is 6. The number of halogens is 2. The number of nitrogens with one attached hydrogen (secondary N) is 2. The van der Waals surface area contributed by atoms with Gasteiger partial charge in [0, 0.05) is 42.6 Å². The molecule has 36 heavy (non-hydrogen) atoms. The number of nitrogens with zero attached hydrogens (tertiary/aromatic N) is 1. The smallest absolute Gasteiger partial charge is 0.324 e. The van der Waals surface area contributed by atoms with E-state index in [0.29, 0.717) is 30.4 Å². The van der Waals surface area contributed by atoms with E-state index in [1.807, 2.05) is 0 Å². The molecule has 0 fully saturated rings. The molecule has 0 saturated heterocycles. The summed E-state index contributed by atoms with van der Waals surface area (Å²) < 4.78 is 0. The summed E-state index contributed by atoms with van der Waals surface area (Å²) in [6.45, 7) is 5.29. The predicted molar refractivity (Wildman–Crippen MR) is 154 cm³/mol. The quantitative estimate of drug-likeness (QED) is 0.144. The molecule has 0 heterocycles. The summed E-state index contributed by atoms with van der Waals surface area (Å²) in [7, 11) is 0. The molecule has 0 aliphatic carbocycles. The van der Waals surface area contributed by atoms with Gasteiger partial charge in [0.1, 0.15) is 0 Å². The van der Waals surface area contributed by atoms with E-state index >= 15 is 0 Å². The molecule has 1 atom stereocenters. The van der Waals surface area contributed by atoms with Gasteiger partial charge in [0.15, 0.2) is 0 Å². The summed E-state index contributed by atoms with van der Waals surface area (Å²) in [5.41, 5.74) is 1.44. The highest BCUT2D eigenvalue weighted by molar-refractivity contribution is 7.99. The zero-order valence-corrected chi connectivity index (χ0v) is 24.2. The van der Waals surface area contributed by atoms with E-state index in [1.165, 1.54) is 4.90 Å². The number of hydrogen-bond donors (Lipinski definition) is 2. The highest BCUT2D eigenvalue weighted by Crippen LogP contribution is 2.15. The molecule has 0 bridgehead atoms. The largest absolute Gasteiger partial charge is 0.338 e. The third-order valence-electron chi connectivity index (χ3n) is 5.61. The average molecular weight is 561 g/mol. The summed E-state index contributed by atoms with van der Waals surface area (Å²) >= 11 is 13.5. The Morgan fingerprint density at radius 2 is 1.64 bits per heavy atom. The van der Waals surface area contributed by atoms with Gasteiger partial charge in [-0.2, -0.15) is 11.8 Å². The number of hydrogen-bond acceptors (Lipinski definition) is 4. The lowest BCUT2D eigenvalue weighted by atomic mass is 10.1. The Balaban J connectivity index is 2.61. The van der Waals surface area contributed by atoms with Crippen molar-refractivity contribution in [3.63, 3.8) is 0 Å². The summed E-state index contributed by atoms with van der Waals surface area (Å²) in [4.78, 5) is 39.4. The van der Waals surface area contributed by atoms with Crippen LogP contribution in [-0.4, -0.2) is 58.6 Å². The van der Waals surface area contributed by atoms with Crippen LogP contribution < -0.4 is 10.6 Å². The fourth-order valence-corrected chi connectivity index (χ4v) is 4.98. The molecule has 2 N–H and O–H groups in total. The van der Waals surface area contributed by atoms with Crippen LogP contribution in [0.2, 0.25) is 0 Å². The molecule has 6 nitrogen and oxygen atoms in total. The molecule has 204 valence electrons. The van der Waals surface area contributed by atoms with Gasteiger partial charge in [-0.25, -0.2) is 4.79 Å². The molecule has 0 unspecified atom stereocenters. The van der Waals surface area contributed by atoms with E-state index in [1.54, 1.807) is 36.0 Å². The number of benzene rings is 1. The maximum atomic E-state index is 13.0. The Morgan fingerprint density at radius 1 is 0.972 bits per heavy atom. The number of urea groups is 1. The fraction of sp³-hybridized carbons (Fsp3) is 0.667. The second-order valence-electron chi connectivity index (χ2n) is 8.89. The number of anilines is 1. The third-order valence-corrected chi connectivity index (χ3v) is 7.64. The lowest BCUT2D eigenvalue weighted by Gasteiger charge is -2.21. The Labute approximate surface area is 231 Å². The Hall–Kier alpha value is -1.44. The molecular formula is C27H43Cl2N3O3S. The first kappa shape index (κ1) is 32.6. The van der Waals surface area contributed by atoms with Crippen molar-refractivity contribution >= 4 is 58.5 Å². The van der Waals surface area contributed by atoms with Crippen molar-refractivity contribution in [1.82, 2.24) is 10.2 Å². The van der Waals surface area contributed by atoms with Crippen LogP contribution >= 0.6 is 35.0 Å². The molecule has 0 aliphatic heterocycles. The number of carbonyl (C=O) groups is 3. The standard InChI is InChI=1S/C27H43Cl2N3O3S/c1-3-5-7-9-16-30-27(35)32(17-10-8-6-4-2)26(34)19-22-11-13-24(14-12-22)31-25(33)20-23(29)21-36-18-15-28/h11-14,23H,3-10,15-21H2,1-2H3,(H,30,35)(H,31,33)/t23-/m1/s1. The number of amides is 4. The first-order chi connectivity index (χ1) is 17.4. The van der Waals surface area contributed by atoms with Crippen molar-refractivity contribution in [2.75, 3.05) is 35.8 Å². The van der Waals surface area contributed by atoms with Crippen molar-refractivity contribution in [3.8, 4) is 0 Å². The molecule has 0 radical (unpaired) electrons. The second-order valence-corrected chi connectivity index (χ2v) is 11.0. The van der Waals surface area contributed by atoms with E-state index in [-0.39, 0.29) is 36.1 Å². The first-order valence-electron chi connectivity index (χ1n) is 13.2. The maximum Gasteiger partial charge on any atom is 0.324 e. The first-order valence-corrected chi connectivity index (χ1v) is 15.3. The summed E-state index contributed by atoms with van der Waals surface area (Å²) in [5, 5.41) is 5.50. The van der Waals surface area contributed by atoms with Gasteiger partial charge in [-0.3, -0.25) is 14.5 Å². The molecule has 1 aromatic rings. The second kappa shape index (κ2) is 20.6. The summed E-state index contributed by atoms with van der Waals surface area (Å²) in [6, 6.07) is 6.84. The highest BCUT2D eigenvalue weighted by Gasteiger charge is 2.21. The highest BCUT2D eigenvalue weighted by atomic mass is 35.5. The van der Waals surface area contributed by atoms with Gasteiger partial charge in [-0.05, 0) is 30.5 Å². The van der Waals surface area contributed by atoms with Crippen LogP contribution in [0.1, 0.15) is 77.2 Å². The van der Waals surface area contributed by atoms with E-state index in [2.05, 4.69) is 24.5 Å². The summed E-state index contributed by atoms with van der Waals surface area (Å²) in [5.74, 6) is 1.68. The van der Waals surface area contributed by atoms with Crippen molar-refractivity contribution in [2.24, 2.45) is 0 Å². The van der Waals surface area contributed by atoms with Gasteiger partial charge in [0.2, 0.25) is 11.8 Å². The van der Waals surface area contributed by atoms with Crippen molar-refractivity contribution in [3.05, 3.63) is 29.8 Å². The van der Waals surface area contributed by atoms with E-state index < -0.39 is 0 Å². The molecule has 0 aromatic heterocycles. The van der Waals surface area contributed by atoms with Crippen molar-refractivity contribution < 1.29 is 14.4 Å². The van der Waals surface area contributed by atoms with Crippen LogP contribution in [0.5, 0.6) is 0 Å². The van der Waals surface area contributed by atoms with Gasteiger partial charge < -0.3 is 10.6 Å². The zero-order chi connectivity index (χ0) is 26.6. The molecule has 0 saturated carbocycles. The summed E-state index contributed by atoms with van der Waals surface area (Å²) in [6.07, 6.45) is 8.61. The van der Waals surface area contributed by atoms with E-state index in [4.69, 9.17) is 23.2 Å². The Kier molecular flexibility index (Phi) is 18.6. The minimum atomic E-state index is -0.309. The van der Waals surface area contributed by atoms with Crippen molar-refractivity contribution in [2.45, 2.75) is 83.4 Å². The van der Waals surface area contributed by atoms with Gasteiger partial charge in [0.25, 0.3) is 0 Å². The SMILES string of the molecule is CCCCCCNC(=O)N(CCCCCC)C(=O)Cc1ccc(NC(=O)C[C@@H](Cl)CSCCCl)cc1. The van der Waals surface area contributed by atoms with E-state index in [9.17, 15) is 14.4 Å². The topological polar surface area (TPSA) is 78.5 Å². The average Bonchev–Trinajstić information content (AvgIpc) is 2.85. The predicted octanol–water partition coefficient (Wildman–Crippen LogP) is 6.84. The van der Waals surface area contributed by atoms with Crippen LogP contribution in [0.3, 0.4) is 0 Å². The number of thioether (sulfide) groups is 1. The normalized spacial score (nSPS) is 11.7. The molecule has 9 heteroatoms. The van der Waals surface area contributed by atoms with Gasteiger partial charge in [-0.1, -0.05) is 64.5 Å².